The lowest BCUT2D eigenvalue weighted by molar-refractivity contribution is 0.0958. The van der Waals surface area contributed by atoms with Crippen LogP contribution in [0.3, 0.4) is 0 Å². The maximum atomic E-state index is 12.1. The van der Waals surface area contributed by atoms with Crippen LogP contribution in [0.1, 0.15) is 27.2 Å². The molecule has 0 fully saturated rings. The van der Waals surface area contributed by atoms with Crippen molar-refractivity contribution in [3.63, 3.8) is 0 Å². The molecule has 1 heterocycles. The summed E-state index contributed by atoms with van der Waals surface area (Å²) in [4.78, 5) is 14.0. The fourth-order valence-electron chi connectivity index (χ4n) is 2.65. The number of thiophene rings is 1. The molecule has 1 aromatic heterocycles. The molecule has 0 spiro atoms. The van der Waals surface area contributed by atoms with Crippen molar-refractivity contribution < 1.29 is 9.53 Å². The van der Waals surface area contributed by atoms with Gasteiger partial charge >= 0.3 is 0 Å². The molecule has 0 saturated heterocycles. The number of aryl methyl sites for hydroxylation is 2. The Balaban J connectivity index is 1.90. The second-order valence-electron chi connectivity index (χ2n) is 5.15. The molecule has 3 rings (SSSR count). The van der Waals surface area contributed by atoms with Crippen molar-refractivity contribution in [2.45, 2.75) is 19.3 Å². The number of fused-ring (bicyclic) bond motifs is 3. The molecule has 1 aromatic carbocycles. The van der Waals surface area contributed by atoms with Gasteiger partial charge in [-0.25, -0.2) is 0 Å². The van der Waals surface area contributed by atoms with Crippen LogP contribution in [0.2, 0.25) is 0 Å². The first kappa shape index (κ1) is 14.6. The van der Waals surface area contributed by atoms with E-state index in [1.54, 1.807) is 7.11 Å². The zero-order valence-electron chi connectivity index (χ0n) is 12.3. The first-order valence-corrected chi connectivity index (χ1v) is 7.99. The van der Waals surface area contributed by atoms with Crippen molar-refractivity contribution in [2.75, 3.05) is 13.7 Å². The number of nitrogens with one attached hydrogen (secondary N) is 1. The van der Waals surface area contributed by atoms with Crippen LogP contribution in [-0.2, 0) is 12.8 Å². The van der Waals surface area contributed by atoms with E-state index in [1.165, 1.54) is 28.0 Å². The fourth-order valence-corrected chi connectivity index (χ4v) is 3.83. The molecule has 0 bridgehead atoms. The Hall–Kier alpha value is -2.32. The lowest BCUT2D eigenvalue weighted by Crippen LogP contribution is -2.23. The molecule has 1 N–H and O–H groups in total. The second kappa shape index (κ2) is 6.20. The van der Waals surface area contributed by atoms with E-state index in [9.17, 15) is 4.79 Å². The lowest BCUT2D eigenvalue weighted by atomic mass is 9.91. The maximum absolute atomic E-state index is 12.1. The first-order chi connectivity index (χ1) is 10.7. The molecule has 0 aliphatic heterocycles. The number of nitriles is 1. The smallest absolute Gasteiger partial charge is 0.261 e. The van der Waals surface area contributed by atoms with E-state index in [4.69, 9.17) is 10.00 Å². The molecular formula is C17H16N2O2S. The molecule has 1 aliphatic rings. The van der Waals surface area contributed by atoms with Crippen LogP contribution in [0.15, 0.2) is 24.3 Å². The molecule has 0 radical (unpaired) electrons. The number of benzene rings is 1. The van der Waals surface area contributed by atoms with Gasteiger partial charge in [-0.15, -0.1) is 11.3 Å². The van der Waals surface area contributed by atoms with Crippen LogP contribution >= 0.6 is 11.3 Å². The number of nitrogens with zero attached hydrogens (tertiary/aromatic N) is 1. The van der Waals surface area contributed by atoms with Crippen LogP contribution in [0.5, 0.6) is 5.75 Å². The van der Waals surface area contributed by atoms with Gasteiger partial charge in [0, 0.05) is 11.4 Å². The van der Waals surface area contributed by atoms with Crippen molar-refractivity contribution >= 4 is 17.2 Å². The number of ether oxygens (including phenoxy) is 1. The zero-order valence-corrected chi connectivity index (χ0v) is 13.1. The van der Waals surface area contributed by atoms with Gasteiger partial charge in [0.2, 0.25) is 0 Å². The summed E-state index contributed by atoms with van der Waals surface area (Å²) in [6, 6.07) is 10.1. The minimum atomic E-state index is -0.0981. The maximum Gasteiger partial charge on any atom is 0.261 e. The quantitative estimate of drug-likeness (QED) is 0.882. The minimum absolute atomic E-state index is 0.0981. The number of carbonyl (C=O) groups excluding carboxylic acids is 1. The van der Waals surface area contributed by atoms with Gasteiger partial charge in [-0.1, -0.05) is 6.07 Å². The van der Waals surface area contributed by atoms with Gasteiger partial charge in [-0.2, -0.15) is 5.26 Å². The van der Waals surface area contributed by atoms with Crippen LogP contribution < -0.4 is 10.1 Å². The Kier molecular flexibility index (Phi) is 4.12. The third-order valence-corrected chi connectivity index (χ3v) is 4.99. The molecule has 112 valence electrons. The molecule has 4 nitrogen and oxygen atoms in total. The van der Waals surface area contributed by atoms with Crippen molar-refractivity contribution in [2.24, 2.45) is 0 Å². The summed E-state index contributed by atoms with van der Waals surface area (Å²) < 4.78 is 5.31. The standard InChI is InChI=1S/C17H16N2O2S/c1-21-13-6-5-11-3-4-12-9-15(17(20)19-8-2-7-18)22-16(12)14(11)10-13/h5-6,9-10H,2-4,8H2,1H3,(H,19,20). The highest BCUT2D eigenvalue weighted by Gasteiger charge is 2.22. The van der Waals surface area contributed by atoms with Crippen molar-refractivity contribution in [1.29, 1.82) is 5.26 Å². The molecule has 0 unspecified atom stereocenters. The highest BCUT2D eigenvalue weighted by Crippen LogP contribution is 2.41. The molecule has 5 heteroatoms. The highest BCUT2D eigenvalue weighted by molar-refractivity contribution is 7.17. The summed E-state index contributed by atoms with van der Waals surface area (Å²) in [6.45, 7) is 0.391. The van der Waals surface area contributed by atoms with Gasteiger partial charge in [-0.3, -0.25) is 4.79 Å². The van der Waals surface area contributed by atoms with Gasteiger partial charge in [0.25, 0.3) is 5.91 Å². The largest absolute Gasteiger partial charge is 0.497 e. The van der Waals surface area contributed by atoms with E-state index in [2.05, 4.69) is 11.4 Å². The van der Waals surface area contributed by atoms with Crippen LogP contribution in [-0.4, -0.2) is 19.6 Å². The van der Waals surface area contributed by atoms with Crippen molar-refractivity contribution in [1.82, 2.24) is 5.32 Å². The van der Waals surface area contributed by atoms with Gasteiger partial charge in [0.05, 0.1) is 24.5 Å². The number of amides is 1. The van der Waals surface area contributed by atoms with E-state index in [0.29, 0.717) is 17.8 Å². The molecule has 1 amide bonds. The normalized spacial score (nSPS) is 12.0. The highest BCUT2D eigenvalue weighted by atomic mass is 32.1. The number of carbonyl (C=O) groups is 1. The fraction of sp³-hybridized carbons (Fsp3) is 0.294. The molecule has 0 saturated carbocycles. The third kappa shape index (κ3) is 2.70. The Morgan fingerprint density at radius 2 is 2.18 bits per heavy atom. The SMILES string of the molecule is COc1ccc2c(c1)-c1sc(C(=O)NCCC#N)cc1CC2. The van der Waals surface area contributed by atoms with Crippen LogP contribution in [0.4, 0.5) is 0 Å². The molecule has 22 heavy (non-hydrogen) atoms. The summed E-state index contributed by atoms with van der Waals surface area (Å²) in [7, 11) is 1.66. The summed E-state index contributed by atoms with van der Waals surface area (Å²) >= 11 is 1.51. The summed E-state index contributed by atoms with van der Waals surface area (Å²) in [5.41, 5.74) is 3.68. The molecular weight excluding hydrogens is 296 g/mol. The Morgan fingerprint density at radius 3 is 2.95 bits per heavy atom. The Morgan fingerprint density at radius 1 is 1.36 bits per heavy atom. The third-order valence-electron chi connectivity index (χ3n) is 3.78. The topological polar surface area (TPSA) is 62.1 Å². The average molecular weight is 312 g/mol. The van der Waals surface area contributed by atoms with Gasteiger partial charge in [-0.05, 0) is 47.7 Å². The van der Waals surface area contributed by atoms with Crippen molar-refractivity contribution in [3.05, 3.63) is 40.3 Å². The average Bonchev–Trinajstić information content (AvgIpc) is 2.99. The predicted octanol–water partition coefficient (Wildman–Crippen LogP) is 3.17. The lowest BCUT2D eigenvalue weighted by Gasteiger charge is -2.16. The van der Waals surface area contributed by atoms with E-state index < -0.39 is 0 Å². The first-order valence-electron chi connectivity index (χ1n) is 7.18. The van der Waals surface area contributed by atoms with Crippen molar-refractivity contribution in [3.8, 4) is 22.3 Å². The van der Waals surface area contributed by atoms with Crippen LogP contribution in [0.25, 0.3) is 10.4 Å². The second-order valence-corrected chi connectivity index (χ2v) is 6.20. The monoisotopic (exact) mass is 312 g/mol. The Labute approximate surface area is 133 Å². The van der Waals surface area contributed by atoms with Gasteiger partial charge in [0.15, 0.2) is 0 Å². The zero-order chi connectivity index (χ0) is 15.5. The molecule has 1 aliphatic carbocycles. The summed E-state index contributed by atoms with van der Waals surface area (Å²) in [5.74, 6) is 0.735. The predicted molar refractivity (Wildman–Crippen MR) is 86.3 cm³/mol. The van der Waals surface area contributed by atoms with E-state index in [0.717, 1.165) is 23.5 Å². The number of methoxy groups -OCH3 is 1. The van der Waals surface area contributed by atoms with Gasteiger partial charge < -0.3 is 10.1 Å². The summed E-state index contributed by atoms with van der Waals surface area (Å²) in [5, 5.41) is 11.3. The number of rotatable bonds is 4. The number of hydrogen-bond acceptors (Lipinski definition) is 4. The van der Waals surface area contributed by atoms with Crippen LogP contribution in [0, 0.1) is 11.3 Å². The van der Waals surface area contributed by atoms with Gasteiger partial charge in [0.1, 0.15) is 5.75 Å². The van der Waals surface area contributed by atoms with E-state index in [1.807, 2.05) is 24.3 Å². The Bertz CT molecular complexity index is 759. The number of hydrogen-bond donors (Lipinski definition) is 1. The van der Waals surface area contributed by atoms with E-state index in [-0.39, 0.29) is 5.91 Å². The molecule has 0 atom stereocenters. The molecule has 2 aromatic rings. The summed E-state index contributed by atoms with van der Waals surface area (Å²) in [6.07, 6.45) is 2.27. The minimum Gasteiger partial charge on any atom is -0.497 e. The van der Waals surface area contributed by atoms with E-state index >= 15 is 0 Å².